The first-order chi connectivity index (χ1) is 9.45. The minimum absolute atomic E-state index is 0.0327. The molecular weight excluding hydrogens is 296 g/mol. The summed E-state index contributed by atoms with van der Waals surface area (Å²) in [4.78, 5) is 0.162. The van der Waals surface area contributed by atoms with Crippen LogP contribution >= 0.6 is 11.6 Å². The van der Waals surface area contributed by atoms with E-state index in [4.69, 9.17) is 18.0 Å². The van der Waals surface area contributed by atoms with Gasteiger partial charge in [-0.2, -0.15) is 4.31 Å². The van der Waals surface area contributed by atoms with Crippen LogP contribution in [0.4, 0.5) is 0 Å². The van der Waals surface area contributed by atoms with Gasteiger partial charge >= 0.3 is 0 Å². The SMILES string of the molecule is C#CCN(C)S(=O)(=O)c1ccc(CNC2CC2)c(Cl)c1. The van der Waals surface area contributed by atoms with Gasteiger partial charge in [-0.25, -0.2) is 8.42 Å². The minimum Gasteiger partial charge on any atom is -0.310 e. The van der Waals surface area contributed by atoms with Crippen LogP contribution in [0.5, 0.6) is 0 Å². The fourth-order valence-electron chi connectivity index (χ4n) is 1.77. The number of benzene rings is 1. The summed E-state index contributed by atoms with van der Waals surface area (Å²) in [7, 11) is -2.12. The summed E-state index contributed by atoms with van der Waals surface area (Å²) in [6.07, 6.45) is 7.53. The van der Waals surface area contributed by atoms with E-state index in [1.165, 1.54) is 26.0 Å². The van der Waals surface area contributed by atoms with Crippen LogP contribution in [0.2, 0.25) is 5.02 Å². The molecule has 20 heavy (non-hydrogen) atoms. The van der Waals surface area contributed by atoms with Gasteiger partial charge in [0, 0.05) is 24.7 Å². The summed E-state index contributed by atoms with van der Waals surface area (Å²) in [5.41, 5.74) is 0.900. The Hall–Kier alpha value is -1.06. The quantitative estimate of drug-likeness (QED) is 0.816. The Bertz CT molecular complexity index is 633. The van der Waals surface area contributed by atoms with Crippen LogP contribution in [-0.2, 0) is 16.6 Å². The lowest BCUT2D eigenvalue weighted by atomic mass is 10.2. The van der Waals surface area contributed by atoms with Crippen molar-refractivity contribution in [3.05, 3.63) is 28.8 Å². The number of sulfonamides is 1. The third kappa shape index (κ3) is 3.53. The van der Waals surface area contributed by atoms with Gasteiger partial charge in [-0.1, -0.05) is 23.6 Å². The van der Waals surface area contributed by atoms with Gasteiger partial charge in [0.2, 0.25) is 10.0 Å². The van der Waals surface area contributed by atoms with Gasteiger partial charge in [-0.05, 0) is 30.5 Å². The molecule has 0 aliphatic heterocycles. The fraction of sp³-hybridized carbons (Fsp3) is 0.429. The molecule has 6 heteroatoms. The van der Waals surface area contributed by atoms with Crippen molar-refractivity contribution in [3.8, 4) is 12.3 Å². The summed E-state index contributed by atoms with van der Waals surface area (Å²) in [6, 6.07) is 5.37. The van der Waals surface area contributed by atoms with Crippen LogP contribution in [0.15, 0.2) is 23.1 Å². The minimum atomic E-state index is -3.57. The van der Waals surface area contributed by atoms with Crippen LogP contribution in [0.25, 0.3) is 0 Å². The second-order valence-electron chi connectivity index (χ2n) is 4.87. The zero-order chi connectivity index (χ0) is 14.8. The number of rotatable bonds is 6. The predicted molar refractivity (Wildman–Crippen MR) is 80.0 cm³/mol. The van der Waals surface area contributed by atoms with Gasteiger partial charge in [0.1, 0.15) is 0 Å². The van der Waals surface area contributed by atoms with Crippen LogP contribution < -0.4 is 5.32 Å². The first kappa shape index (κ1) is 15.3. The summed E-state index contributed by atoms with van der Waals surface area (Å²) in [5.74, 6) is 2.31. The van der Waals surface area contributed by atoms with Crippen molar-refractivity contribution in [3.63, 3.8) is 0 Å². The lowest BCUT2D eigenvalue weighted by Gasteiger charge is -2.15. The van der Waals surface area contributed by atoms with Crippen LogP contribution in [0, 0.1) is 12.3 Å². The summed E-state index contributed by atoms with van der Waals surface area (Å²) in [6.45, 7) is 0.689. The molecule has 0 heterocycles. The van der Waals surface area contributed by atoms with Crippen molar-refractivity contribution in [1.82, 2.24) is 9.62 Å². The Morgan fingerprint density at radius 2 is 2.20 bits per heavy atom. The molecular formula is C14H17ClN2O2S. The maximum atomic E-state index is 12.2. The topological polar surface area (TPSA) is 49.4 Å². The lowest BCUT2D eigenvalue weighted by Crippen LogP contribution is -2.27. The number of nitrogens with one attached hydrogen (secondary N) is 1. The molecule has 1 aromatic carbocycles. The molecule has 0 radical (unpaired) electrons. The number of hydrogen-bond donors (Lipinski definition) is 1. The van der Waals surface area contributed by atoms with Gasteiger partial charge in [-0.15, -0.1) is 6.42 Å². The zero-order valence-corrected chi connectivity index (χ0v) is 12.8. The van der Waals surface area contributed by atoms with E-state index in [1.54, 1.807) is 12.1 Å². The summed E-state index contributed by atoms with van der Waals surface area (Å²) < 4.78 is 25.6. The predicted octanol–water partition coefficient (Wildman–Crippen LogP) is 1.85. The Morgan fingerprint density at radius 1 is 1.50 bits per heavy atom. The van der Waals surface area contributed by atoms with Gasteiger partial charge < -0.3 is 5.32 Å². The number of hydrogen-bond acceptors (Lipinski definition) is 3. The third-order valence-corrected chi connectivity index (χ3v) is 5.36. The van der Waals surface area contributed by atoms with E-state index in [2.05, 4.69) is 11.2 Å². The van der Waals surface area contributed by atoms with Crippen LogP contribution in [-0.4, -0.2) is 32.4 Å². The maximum absolute atomic E-state index is 12.2. The standard InChI is InChI=1S/C14H17ClN2O2S/c1-3-8-17(2)20(18,19)13-7-4-11(14(15)9-13)10-16-12-5-6-12/h1,4,7,9,12,16H,5-6,8,10H2,2H3. The molecule has 2 rings (SSSR count). The second-order valence-corrected chi connectivity index (χ2v) is 7.33. The Balaban J connectivity index is 2.17. The molecule has 1 aliphatic carbocycles. The first-order valence-corrected chi connectivity index (χ1v) is 8.18. The van der Waals surface area contributed by atoms with Crippen molar-refractivity contribution in [2.45, 2.75) is 30.3 Å². The molecule has 1 N–H and O–H groups in total. The molecule has 1 aliphatic rings. The Morgan fingerprint density at radius 3 is 2.75 bits per heavy atom. The molecule has 0 aromatic heterocycles. The van der Waals surface area contributed by atoms with Gasteiger partial charge in [0.15, 0.2) is 0 Å². The second kappa shape index (κ2) is 6.15. The van der Waals surface area contributed by atoms with Crippen LogP contribution in [0.1, 0.15) is 18.4 Å². The van der Waals surface area contributed by atoms with Crippen LogP contribution in [0.3, 0.4) is 0 Å². The highest BCUT2D eigenvalue weighted by molar-refractivity contribution is 7.89. The normalized spacial score (nSPS) is 15.3. The largest absolute Gasteiger partial charge is 0.310 e. The first-order valence-electron chi connectivity index (χ1n) is 6.36. The van der Waals surface area contributed by atoms with Crippen molar-refractivity contribution < 1.29 is 8.42 Å². The van der Waals surface area contributed by atoms with Crippen molar-refractivity contribution in [2.24, 2.45) is 0 Å². The highest BCUT2D eigenvalue weighted by atomic mass is 35.5. The Kier molecular flexibility index (Phi) is 4.71. The zero-order valence-electron chi connectivity index (χ0n) is 11.3. The Labute approximate surface area is 125 Å². The molecule has 0 unspecified atom stereocenters. The van der Waals surface area contributed by atoms with E-state index in [1.807, 2.05) is 0 Å². The highest BCUT2D eigenvalue weighted by Gasteiger charge is 2.22. The number of nitrogens with zero attached hydrogens (tertiary/aromatic N) is 1. The molecule has 108 valence electrons. The average molecular weight is 313 g/mol. The van der Waals surface area contributed by atoms with E-state index in [0.717, 1.165) is 9.87 Å². The smallest absolute Gasteiger partial charge is 0.243 e. The molecule has 0 amide bonds. The lowest BCUT2D eigenvalue weighted by molar-refractivity contribution is 0.503. The van der Waals surface area contributed by atoms with Gasteiger partial charge in [0.25, 0.3) is 0 Å². The van der Waals surface area contributed by atoms with E-state index in [9.17, 15) is 8.42 Å². The molecule has 0 atom stereocenters. The molecule has 1 aromatic rings. The highest BCUT2D eigenvalue weighted by Crippen LogP contribution is 2.24. The average Bonchev–Trinajstić information content (AvgIpc) is 3.21. The van der Waals surface area contributed by atoms with E-state index in [0.29, 0.717) is 17.6 Å². The summed E-state index contributed by atoms with van der Waals surface area (Å²) >= 11 is 6.16. The molecule has 4 nitrogen and oxygen atoms in total. The third-order valence-electron chi connectivity index (χ3n) is 3.21. The van der Waals surface area contributed by atoms with Crippen molar-refractivity contribution >= 4 is 21.6 Å². The monoisotopic (exact) mass is 312 g/mol. The van der Waals surface area contributed by atoms with E-state index in [-0.39, 0.29) is 11.4 Å². The molecule has 0 saturated heterocycles. The number of halogens is 1. The fourth-order valence-corrected chi connectivity index (χ4v) is 3.19. The van der Waals surface area contributed by atoms with Crippen molar-refractivity contribution in [1.29, 1.82) is 0 Å². The number of terminal acetylenes is 1. The van der Waals surface area contributed by atoms with Gasteiger partial charge in [0.05, 0.1) is 11.4 Å². The molecule has 0 spiro atoms. The maximum Gasteiger partial charge on any atom is 0.243 e. The summed E-state index contributed by atoms with van der Waals surface area (Å²) in [5, 5.41) is 3.80. The van der Waals surface area contributed by atoms with E-state index < -0.39 is 10.0 Å². The van der Waals surface area contributed by atoms with Gasteiger partial charge in [-0.3, -0.25) is 0 Å². The van der Waals surface area contributed by atoms with E-state index >= 15 is 0 Å². The molecule has 1 fully saturated rings. The molecule has 1 saturated carbocycles. The van der Waals surface area contributed by atoms with Crippen molar-refractivity contribution in [2.75, 3.05) is 13.6 Å². The molecule has 0 bridgehead atoms.